The van der Waals surface area contributed by atoms with E-state index in [1.54, 1.807) is 13.2 Å². The van der Waals surface area contributed by atoms with Crippen LogP contribution in [0.5, 0.6) is 11.5 Å². The lowest BCUT2D eigenvalue weighted by atomic mass is 9.48. The van der Waals surface area contributed by atoms with Crippen LogP contribution in [-0.2, 0) is 16.6 Å². The number of rotatable bonds is 3. The molecule has 5 nitrogen and oxygen atoms in total. The van der Waals surface area contributed by atoms with Crippen LogP contribution in [0.2, 0.25) is 0 Å². The van der Waals surface area contributed by atoms with Gasteiger partial charge >= 0.3 is 0 Å². The first kappa shape index (κ1) is 15.7. The third kappa shape index (κ3) is 1.68. The molecule has 1 saturated heterocycles. The van der Waals surface area contributed by atoms with Gasteiger partial charge in [0, 0.05) is 25.3 Å². The second kappa shape index (κ2) is 4.94. The standard InChI is InChI=1S/C21H27NO4/c1-25-15-6-7-21(24)16-10-13-4-5-14(23)18-17(13)20(21,19(15)26-18)8-9-22(16)11-12-2-3-12/h4-5,12,15-16,19,23-24H,2-3,6-11H2,1H3/t15-,16?,19+,20+,21-/m1/s1. The van der Waals surface area contributed by atoms with Gasteiger partial charge in [0.2, 0.25) is 0 Å². The second-order valence-corrected chi connectivity index (χ2v) is 9.10. The quantitative estimate of drug-likeness (QED) is 0.866. The highest BCUT2D eigenvalue weighted by Crippen LogP contribution is 2.65. The summed E-state index contributed by atoms with van der Waals surface area (Å²) >= 11 is 0. The van der Waals surface area contributed by atoms with Crippen molar-refractivity contribution in [2.24, 2.45) is 5.92 Å². The molecule has 2 bridgehead atoms. The fourth-order valence-electron chi connectivity index (χ4n) is 6.68. The molecule has 26 heavy (non-hydrogen) atoms. The Bertz CT molecular complexity index is 778. The van der Waals surface area contributed by atoms with Gasteiger partial charge in [-0.25, -0.2) is 0 Å². The van der Waals surface area contributed by atoms with Gasteiger partial charge in [-0.05, 0) is 62.6 Å². The van der Waals surface area contributed by atoms with E-state index in [4.69, 9.17) is 9.47 Å². The average Bonchev–Trinajstić information content (AvgIpc) is 3.37. The van der Waals surface area contributed by atoms with E-state index in [9.17, 15) is 10.2 Å². The summed E-state index contributed by atoms with van der Waals surface area (Å²) in [4.78, 5) is 2.56. The summed E-state index contributed by atoms with van der Waals surface area (Å²) in [7, 11) is 1.74. The smallest absolute Gasteiger partial charge is 0.165 e. The van der Waals surface area contributed by atoms with Crippen LogP contribution in [0.4, 0.5) is 0 Å². The van der Waals surface area contributed by atoms with Crippen molar-refractivity contribution in [1.82, 2.24) is 4.90 Å². The number of hydrogen-bond acceptors (Lipinski definition) is 5. The van der Waals surface area contributed by atoms with Crippen LogP contribution < -0.4 is 4.74 Å². The SMILES string of the molecule is CO[C@@H]1CC[C@@]2(O)C3Cc4ccc(O)c5c4[C@@]2(CCN3CC2CC2)[C@H]1O5. The maximum Gasteiger partial charge on any atom is 0.165 e. The van der Waals surface area contributed by atoms with Crippen LogP contribution in [0.1, 0.15) is 43.2 Å². The van der Waals surface area contributed by atoms with Crippen LogP contribution in [-0.4, -0.2) is 59.2 Å². The number of phenols is 1. The Labute approximate surface area is 153 Å². The molecule has 0 radical (unpaired) electrons. The highest BCUT2D eigenvalue weighted by molar-refractivity contribution is 5.62. The first-order chi connectivity index (χ1) is 12.6. The van der Waals surface area contributed by atoms with Gasteiger partial charge in [0.05, 0.1) is 17.1 Å². The number of ether oxygens (including phenoxy) is 2. The molecule has 0 amide bonds. The van der Waals surface area contributed by atoms with E-state index >= 15 is 0 Å². The minimum Gasteiger partial charge on any atom is -0.504 e. The molecule has 5 heteroatoms. The van der Waals surface area contributed by atoms with Crippen molar-refractivity contribution in [2.45, 2.75) is 67.8 Å². The number of hydrogen-bond donors (Lipinski definition) is 2. The lowest BCUT2D eigenvalue weighted by molar-refractivity contribution is -0.211. The number of benzene rings is 1. The predicted octanol–water partition coefficient (Wildman–Crippen LogP) is 1.97. The number of methoxy groups -OCH3 is 1. The lowest BCUT2D eigenvalue weighted by Gasteiger charge is -2.64. The van der Waals surface area contributed by atoms with E-state index in [-0.39, 0.29) is 24.0 Å². The number of aliphatic hydroxyl groups is 1. The molecule has 1 aromatic rings. The van der Waals surface area contributed by atoms with Crippen LogP contribution in [0.15, 0.2) is 12.1 Å². The average molecular weight is 357 g/mol. The van der Waals surface area contributed by atoms with Gasteiger partial charge in [0.1, 0.15) is 6.10 Å². The molecular formula is C21H27NO4. The predicted molar refractivity (Wildman–Crippen MR) is 95.6 cm³/mol. The Morgan fingerprint density at radius 3 is 2.88 bits per heavy atom. The summed E-state index contributed by atoms with van der Waals surface area (Å²) in [5, 5.41) is 22.6. The number of nitrogens with zero attached hydrogens (tertiary/aromatic N) is 1. The van der Waals surface area contributed by atoms with Gasteiger partial charge < -0.3 is 19.7 Å². The molecule has 5 aliphatic rings. The van der Waals surface area contributed by atoms with Crippen molar-refractivity contribution in [3.05, 3.63) is 23.3 Å². The zero-order valence-electron chi connectivity index (χ0n) is 15.3. The topological polar surface area (TPSA) is 62.2 Å². The molecule has 6 rings (SSSR count). The van der Waals surface area contributed by atoms with E-state index < -0.39 is 11.0 Å². The molecule has 2 aliphatic heterocycles. The van der Waals surface area contributed by atoms with Crippen LogP contribution in [0, 0.1) is 5.92 Å². The van der Waals surface area contributed by atoms with Crippen LogP contribution in [0.3, 0.4) is 0 Å². The van der Waals surface area contributed by atoms with Gasteiger partial charge in [-0.3, -0.25) is 4.90 Å². The monoisotopic (exact) mass is 357 g/mol. The molecule has 3 fully saturated rings. The van der Waals surface area contributed by atoms with Gasteiger partial charge in [0.15, 0.2) is 11.5 Å². The van der Waals surface area contributed by atoms with E-state index in [1.165, 1.54) is 18.4 Å². The molecule has 1 unspecified atom stereocenters. The second-order valence-electron chi connectivity index (χ2n) is 9.10. The van der Waals surface area contributed by atoms with E-state index in [2.05, 4.69) is 4.90 Å². The third-order valence-corrected chi connectivity index (χ3v) is 8.01. The van der Waals surface area contributed by atoms with Crippen molar-refractivity contribution < 1.29 is 19.7 Å². The molecule has 2 heterocycles. The summed E-state index contributed by atoms with van der Waals surface area (Å²) in [5.41, 5.74) is 1.07. The van der Waals surface area contributed by atoms with Crippen molar-refractivity contribution in [3.8, 4) is 11.5 Å². The summed E-state index contributed by atoms with van der Waals surface area (Å²) < 4.78 is 12.1. The zero-order valence-corrected chi connectivity index (χ0v) is 15.3. The van der Waals surface area contributed by atoms with E-state index in [1.807, 2.05) is 6.07 Å². The molecule has 3 aliphatic carbocycles. The molecule has 1 spiro atoms. The third-order valence-electron chi connectivity index (χ3n) is 8.01. The summed E-state index contributed by atoms with van der Waals surface area (Å²) in [5.74, 6) is 1.61. The summed E-state index contributed by atoms with van der Waals surface area (Å²) in [6.45, 7) is 2.11. The Balaban J connectivity index is 1.55. The lowest BCUT2D eigenvalue weighted by Crippen LogP contribution is -2.77. The van der Waals surface area contributed by atoms with Crippen LogP contribution >= 0.6 is 0 Å². The van der Waals surface area contributed by atoms with Crippen molar-refractivity contribution in [1.29, 1.82) is 0 Å². The largest absolute Gasteiger partial charge is 0.504 e. The van der Waals surface area contributed by atoms with Crippen molar-refractivity contribution in [3.63, 3.8) is 0 Å². The first-order valence-electron chi connectivity index (χ1n) is 10.1. The molecule has 5 atom stereocenters. The maximum atomic E-state index is 12.2. The minimum absolute atomic E-state index is 0.0383. The molecule has 2 N–H and O–H groups in total. The van der Waals surface area contributed by atoms with Gasteiger partial charge in [0.25, 0.3) is 0 Å². The van der Waals surface area contributed by atoms with Gasteiger partial charge in [-0.2, -0.15) is 0 Å². The Hall–Kier alpha value is -1.30. The highest BCUT2D eigenvalue weighted by Gasteiger charge is 2.73. The molecule has 2 saturated carbocycles. The van der Waals surface area contributed by atoms with Crippen molar-refractivity contribution >= 4 is 0 Å². The van der Waals surface area contributed by atoms with Gasteiger partial charge in [-0.15, -0.1) is 0 Å². The highest BCUT2D eigenvalue weighted by atomic mass is 16.5. The normalized spacial score (nSPS) is 43.1. The molecule has 1 aromatic carbocycles. The number of piperidine rings is 1. The molecule has 140 valence electrons. The Morgan fingerprint density at radius 1 is 1.27 bits per heavy atom. The Morgan fingerprint density at radius 2 is 2.12 bits per heavy atom. The maximum absolute atomic E-state index is 12.2. The minimum atomic E-state index is -0.800. The van der Waals surface area contributed by atoms with Crippen LogP contribution in [0.25, 0.3) is 0 Å². The first-order valence-corrected chi connectivity index (χ1v) is 10.1. The molecular weight excluding hydrogens is 330 g/mol. The molecule has 0 aromatic heterocycles. The zero-order chi connectivity index (χ0) is 17.7. The fraction of sp³-hybridized carbons (Fsp3) is 0.714. The fourth-order valence-corrected chi connectivity index (χ4v) is 6.68. The number of aromatic hydroxyl groups is 1. The number of likely N-dealkylation sites (tertiary alicyclic amines) is 1. The summed E-state index contributed by atoms with van der Waals surface area (Å²) in [6.07, 6.45) is 5.69. The van der Waals surface area contributed by atoms with Gasteiger partial charge in [-0.1, -0.05) is 6.07 Å². The summed E-state index contributed by atoms with van der Waals surface area (Å²) in [6, 6.07) is 3.95. The van der Waals surface area contributed by atoms with E-state index in [0.29, 0.717) is 5.75 Å². The van der Waals surface area contributed by atoms with E-state index in [0.717, 1.165) is 50.3 Å². The number of phenolic OH excluding ortho intramolecular Hbond substituents is 1. The van der Waals surface area contributed by atoms with Crippen molar-refractivity contribution in [2.75, 3.05) is 20.2 Å². The Kier molecular flexibility index (Phi) is 2.99.